The third kappa shape index (κ3) is 7.42. The van der Waals surface area contributed by atoms with Crippen LogP contribution in [-0.2, 0) is 14.2 Å². The molecule has 1 aliphatic heterocycles. The number of ether oxygens (including phenoxy) is 3. The SMILES string of the molecule is CC(C)C(CNC1COC(C)(C)OC1)NC(=O)OC(C)(C)C. The molecule has 1 fully saturated rings. The van der Waals surface area contributed by atoms with Crippen LogP contribution in [0, 0.1) is 5.92 Å². The number of carbonyl (C=O) groups is 1. The number of rotatable bonds is 5. The van der Waals surface area contributed by atoms with E-state index in [1.165, 1.54) is 0 Å². The predicted octanol–water partition coefficient (Wildman–Crippen LogP) is 2.28. The highest BCUT2D eigenvalue weighted by atomic mass is 16.7. The van der Waals surface area contributed by atoms with Crippen LogP contribution in [-0.4, -0.2) is 49.3 Å². The van der Waals surface area contributed by atoms with Gasteiger partial charge in [-0.15, -0.1) is 0 Å². The largest absolute Gasteiger partial charge is 0.444 e. The topological polar surface area (TPSA) is 68.8 Å². The lowest BCUT2D eigenvalue weighted by Gasteiger charge is -2.36. The normalized spacial score (nSPS) is 20.7. The molecule has 0 aromatic rings. The van der Waals surface area contributed by atoms with Crippen molar-refractivity contribution in [1.82, 2.24) is 10.6 Å². The van der Waals surface area contributed by atoms with Gasteiger partial charge in [-0.05, 0) is 40.5 Å². The van der Waals surface area contributed by atoms with Crippen molar-refractivity contribution in [1.29, 1.82) is 0 Å². The van der Waals surface area contributed by atoms with Crippen LogP contribution in [0.2, 0.25) is 0 Å². The molecule has 0 aromatic carbocycles. The molecule has 1 aliphatic rings. The molecule has 0 bridgehead atoms. The summed E-state index contributed by atoms with van der Waals surface area (Å²) in [5.41, 5.74) is -0.490. The smallest absolute Gasteiger partial charge is 0.407 e. The Morgan fingerprint density at radius 3 is 2.27 bits per heavy atom. The Labute approximate surface area is 134 Å². The van der Waals surface area contributed by atoms with E-state index in [0.717, 1.165) is 0 Å². The van der Waals surface area contributed by atoms with E-state index in [2.05, 4.69) is 24.5 Å². The maximum absolute atomic E-state index is 11.9. The molecular weight excluding hydrogens is 284 g/mol. The molecule has 1 heterocycles. The average molecular weight is 316 g/mol. The van der Waals surface area contributed by atoms with Crippen LogP contribution in [0.4, 0.5) is 4.79 Å². The quantitative estimate of drug-likeness (QED) is 0.814. The summed E-state index contributed by atoms with van der Waals surface area (Å²) in [6.45, 7) is 15.4. The maximum atomic E-state index is 11.9. The predicted molar refractivity (Wildman–Crippen MR) is 85.8 cm³/mol. The lowest BCUT2D eigenvalue weighted by molar-refractivity contribution is -0.252. The summed E-state index contributed by atoms with van der Waals surface area (Å²) in [7, 11) is 0. The Bertz CT molecular complexity index is 354. The third-order valence-electron chi connectivity index (χ3n) is 3.40. The van der Waals surface area contributed by atoms with Crippen LogP contribution in [0.15, 0.2) is 0 Å². The van der Waals surface area contributed by atoms with Crippen molar-refractivity contribution >= 4 is 6.09 Å². The molecule has 2 N–H and O–H groups in total. The highest BCUT2D eigenvalue weighted by Gasteiger charge is 2.29. The van der Waals surface area contributed by atoms with Crippen molar-refractivity contribution in [2.45, 2.75) is 71.9 Å². The molecule has 1 saturated heterocycles. The maximum Gasteiger partial charge on any atom is 0.407 e. The molecule has 130 valence electrons. The zero-order valence-corrected chi connectivity index (χ0v) is 15.0. The fraction of sp³-hybridized carbons (Fsp3) is 0.938. The molecule has 6 nitrogen and oxygen atoms in total. The highest BCUT2D eigenvalue weighted by molar-refractivity contribution is 5.68. The minimum atomic E-state index is -0.510. The molecule has 6 heteroatoms. The van der Waals surface area contributed by atoms with Crippen molar-refractivity contribution in [3.63, 3.8) is 0 Å². The van der Waals surface area contributed by atoms with Gasteiger partial charge in [-0.2, -0.15) is 0 Å². The second kappa shape index (κ2) is 7.62. The van der Waals surface area contributed by atoms with Gasteiger partial charge < -0.3 is 24.8 Å². The molecule has 1 unspecified atom stereocenters. The number of nitrogens with one attached hydrogen (secondary N) is 2. The Morgan fingerprint density at radius 1 is 1.27 bits per heavy atom. The van der Waals surface area contributed by atoms with Gasteiger partial charge in [0.2, 0.25) is 0 Å². The van der Waals surface area contributed by atoms with Gasteiger partial charge in [0.25, 0.3) is 0 Å². The molecular formula is C16H32N2O4. The summed E-state index contributed by atoms with van der Waals surface area (Å²) in [4.78, 5) is 11.9. The van der Waals surface area contributed by atoms with Crippen molar-refractivity contribution in [3.05, 3.63) is 0 Å². The van der Waals surface area contributed by atoms with Crippen molar-refractivity contribution < 1.29 is 19.0 Å². The molecule has 0 spiro atoms. The number of hydrogen-bond donors (Lipinski definition) is 2. The first kappa shape index (κ1) is 19.2. The molecule has 0 aliphatic carbocycles. The molecule has 0 saturated carbocycles. The lowest BCUT2D eigenvalue weighted by atomic mass is 10.0. The van der Waals surface area contributed by atoms with Crippen LogP contribution in [0.1, 0.15) is 48.5 Å². The number of hydrogen-bond acceptors (Lipinski definition) is 5. The van der Waals surface area contributed by atoms with Gasteiger partial charge in [-0.25, -0.2) is 4.79 Å². The summed E-state index contributed by atoms with van der Waals surface area (Å²) in [6.07, 6.45) is -0.384. The van der Waals surface area contributed by atoms with Crippen molar-refractivity contribution in [2.75, 3.05) is 19.8 Å². The summed E-state index contributed by atoms with van der Waals surface area (Å²) >= 11 is 0. The molecule has 1 rings (SSSR count). The Kier molecular flexibility index (Phi) is 6.65. The minimum absolute atomic E-state index is 0.00946. The Hall–Kier alpha value is -0.850. The van der Waals surface area contributed by atoms with Gasteiger partial charge in [-0.3, -0.25) is 0 Å². The van der Waals surface area contributed by atoms with Gasteiger partial charge in [0.1, 0.15) is 5.60 Å². The fourth-order valence-electron chi connectivity index (χ4n) is 2.02. The van der Waals surface area contributed by atoms with Gasteiger partial charge in [0, 0.05) is 12.6 Å². The zero-order chi connectivity index (χ0) is 17.0. The average Bonchev–Trinajstić information content (AvgIpc) is 2.33. The van der Waals surface area contributed by atoms with Crippen LogP contribution < -0.4 is 10.6 Å². The third-order valence-corrected chi connectivity index (χ3v) is 3.40. The summed E-state index contributed by atoms with van der Waals surface area (Å²) < 4.78 is 16.6. The number of carbonyl (C=O) groups excluding carboxylic acids is 1. The van der Waals surface area contributed by atoms with E-state index in [4.69, 9.17) is 14.2 Å². The van der Waals surface area contributed by atoms with E-state index in [0.29, 0.717) is 25.7 Å². The number of amides is 1. The second-order valence-corrected chi connectivity index (χ2v) is 7.62. The van der Waals surface area contributed by atoms with Crippen LogP contribution in [0.5, 0.6) is 0 Å². The van der Waals surface area contributed by atoms with E-state index < -0.39 is 11.4 Å². The van der Waals surface area contributed by atoms with Crippen LogP contribution in [0.25, 0.3) is 0 Å². The van der Waals surface area contributed by atoms with Gasteiger partial charge in [-0.1, -0.05) is 13.8 Å². The standard InChI is InChI=1S/C16H32N2O4/c1-11(2)13(18-14(19)22-15(3,4)5)8-17-12-9-20-16(6,7)21-10-12/h11-13,17H,8-10H2,1-7H3,(H,18,19). The van der Waals surface area contributed by atoms with E-state index in [1.807, 2.05) is 34.6 Å². The number of alkyl carbamates (subject to hydrolysis) is 1. The van der Waals surface area contributed by atoms with E-state index in [9.17, 15) is 4.79 Å². The zero-order valence-electron chi connectivity index (χ0n) is 15.0. The van der Waals surface area contributed by atoms with Gasteiger partial charge in [0.05, 0.1) is 19.3 Å². The van der Waals surface area contributed by atoms with E-state index >= 15 is 0 Å². The van der Waals surface area contributed by atoms with Crippen molar-refractivity contribution in [2.24, 2.45) is 5.92 Å². The van der Waals surface area contributed by atoms with Crippen LogP contribution in [0.3, 0.4) is 0 Å². The van der Waals surface area contributed by atoms with E-state index in [-0.39, 0.29) is 18.2 Å². The van der Waals surface area contributed by atoms with Crippen molar-refractivity contribution in [3.8, 4) is 0 Å². The molecule has 0 aromatic heterocycles. The Balaban J connectivity index is 2.40. The summed E-state index contributed by atoms with van der Waals surface area (Å²) in [5, 5.41) is 6.31. The van der Waals surface area contributed by atoms with E-state index in [1.54, 1.807) is 0 Å². The first-order chi connectivity index (χ1) is 9.98. The Morgan fingerprint density at radius 2 is 1.82 bits per heavy atom. The summed E-state index contributed by atoms with van der Waals surface area (Å²) in [5.74, 6) is -0.216. The first-order valence-corrected chi connectivity index (χ1v) is 7.99. The summed E-state index contributed by atoms with van der Waals surface area (Å²) in [6, 6.07) is 0.125. The fourth-order valence-corrected chi connectivity index (χ4v) is 2.02. The monoisotopic (exact) mass is 316 g/mol. The lowest BCUT2D eigenvalue weighted by Crippen LogP contribution is -2.53. The van der Waals surface area contributed by atoms with Gasteiger partial charge in [0.15, 0.2) is 5.79 Å². The minimum Gasteiger partial charge on any atom is -0.444 e. The van der Waals surface area contributed by atoms with Crippen LogP contribution >= 0.6 is 0 Å². The highest BCUT2D eigenvalue weighted by Crippen LogP contribution is 2.17. The molecule has 1 atom stereocenters. The molecule has 1 amide bonds. The molecule has 0 radical (unpaired) electrons. The van der Waals surface area contributed by atoms with Gasteiger partial charge >= 0.3 is 6.09 Å². The second-order valence-electron chi connectivity index (χ2n) is 7.62. The first-order valence-electron chi connectivity index (χ1n) is 7.99. The molecule has 22 heavy (non-hydrogen) atoms.